The highest BCUT2D eigenvalue weighted by Crippen LogP contribution is 2.42. The van der Waals surface area contributed by atoms with Gasteiger partial charge in [0.15, 0.2) is 6.29 Å². The number of nitrogens with zero attached hydrogens (tertiary/aromatic N) is 3. The summed E-state index contributed by atoms with van der Waals surface area (Å²) in [4.78, 5) is 45.5. The predicted molar refractivity (Wildman–Crippen MR) is 187 cm³/mol. The highest BCUT2D eigenvalue weighted by atomic mass is 16.7. The van der Waals surface area contributed by atoms with Crippen molar-refractivity contribution in [3.8, 4) is 0 Å². The average Bonchev–Trinajstić information content (AvgIpc) is 3.61. The van der Waals surface area contributed by atoms with E-state index in [1.165, 1.54) is 4.90 Å². The van der Waals surface area contributed by atoms with E-state index in [2.05, 4.69) is 16.8 Å². The zero-order valence-corrected chi connectivity index (χ0v) is 27.9. The Labute approximate surface area is 289 Å². The minimum atomic E-state index is -0.630. The highest BCUT2D eigenvalue weighted by Gasteiger charge is 2.40. The van der Waals surface area contributed by atoms with Gasteiger partial charge >= 0.3 is 5.69 Å². The third-order valence-corrected chi connectivity index (χ3v) is 10.6. The summed E-state index contributed by atoms with van der Waals surface area (Å²) in [6.45, 7) is 4.73. The number of aromatic amines is 1. The largest absolute Gasteiger partial charge is 0.392 e. The van der Waals surface area contributed by atoms with Crippen LogP contribution in [-0.4, -0.2) is 62.0 Å². The molecule has 2 N–H and O–H groups in total. The molecule has 3 aliphatic heterocycles. The molecule has 2 amide bonds. The third-order valence-electron chi connectivity index (χ3n) is 10.6. The molecule has 0 aliphatic carbocycles. The number of piperidine rings is 1. The first-order chi connectivity index (χ1) is 24.4. The van der Waals surface area contributed by atoms with Gasteiger partial charge in [0.2, 0.25) is 0 Å². The van der Waals surface area contributed by atoms with Crippen LogP contribution in [0.2, 0.25) is 0 Å². The Kier molecular flexibility index (Phi) is 8.70. The number of aromatic nitrogens is 2. The Morgan fingerprint density at radius 3 is 2.06 bits per heavy atom. The summed E-state index contributed by atoms with van der Waals surface area (Å²) in [5, 5.41) is 9.62. The molecule has 3 aliphatic rings. The molecule has 4 aromatic carbocycles. The van der Waals surface area contributed by atoms with Crippen molar-refractivity contribution in [1.82, 2.24) is 19.4 Å². The lowest BCUT2D eigenvalue weighted by atomic mass is 9.89. The molecule has 0 spiro atoms. The van der Waals surface area contributed by atoms with Gasteiger partial charge in [-0.1, -0.05) is 79.7 Å². The van der Waals surface area contributed by atoms with Crippen molar-refractivity contribution in [2.75, 3.05) is 19.6 Å². The molecular formula is C40H40N4O6. The molecule has 10 nitrogen and oxygen atoms in total. The number of imidazole rings is 1. The second-order valence-electron chi connectivity index (χ2n) is 13.7. The Bertz CT molecular complexity index is 2040. The van der Waals surface area contributed by atoms with Crippen molar-refractivity contribution in [3.05, 3.63) is 141 Å². The molecule has 256 valence electrons. The number of para-hydroxylation sites is 2. The number of carbonyl (C=O) groups excluding carboxylic acids is 2. The van der Waals surface area contributed by atoms with Crippen LogP contribution in [-0.2, 0) is 22.6 Å². The van der Waals surface area contributed by atoms with Crippen LogP contribution in [0, 0.1) is 5.92 Å². The Balaban J connectivity index is 0.986. The second kappa shape index (κ2) is 13.4. The lowest BCUT2D eigenvalue weighted by molar-refractivity contribution is -0.276. The number of amides is 2. The third kappa shape index (κ3) is 5.98. The fraction of sp³-hybridized carbons (Fsp3) is 0.325. The molecule has 50 heavy (non-hydrogen) atoms. The van der Waals surface area contributed by atoms with E-state index in [1.807, 2.05) is 77.4 Å². The average molecular weight is 673 g/mol. The zero-order chi connectivity index (χ0) is 34.4. The number of aliphatic hydroxyl groups excluding tert-OH is 1. The minimum absolute atomic E-state index is 0.0244. The van der Waals surface area contributed by atoms with E-state index in [-0.39, 0.29) is 54.8 Å². The molecule has 0 bridgehead atoms. The summed E-state index contributed by atoms with van der Waals surface area (Å²) in [6, 6.07) is 30.5. The van der Waals surface area contributed by atoms with Gasteiger partial charge in [-0.2, -0.15) is 0 Å². The number of hydrogen-bond acceptors (Lipinski definition) is 7. The number of fused-ring (bicyclic) bond motifs is 2. The van der Waals surface area contributed by atoms with E-state index in [9.17, 15) is 19.5 Å². The van der Waals surface area contributed by atoms with Crippen molar-refractivity contribution in [1.29, 1.82) is 0 Å². The standard InChI is InChI=1S/C40H40N4O6/c1-25-35(23-42-20-18-30(19-21-42)44-34-9-5-4-8-33(34)41-40(44)48)49-39(50-36(25)28-14-12-27(24-45)13-15-28)29-16-10-26(11-17-29)22-43-37(46)31-6-2-3-7-32(31)38(43)47/h2-17,25,30,35-36,39,45H,18-24H2,1H3,(H,41,48)/t25-,35+,36+,39+/m0/s1. The van der Waals surface area contributed by atoms with Gasteiger partial charge < -0.3 is 24.5 Å². The monoisotopic (exact) mass is 672 g/mol. The van der Waals surface area contributed by atoms with E-state index in [4.69, 9.17) is 9.47 Å². The van der Waals surface area contributed by atoms with Crippen LogP contribution in [0.5, 0.6) is 0 Å². The smallest absolute Gasteiger partial charge is 0.326 e. The van der Waals surface area contributed by atoms with Gasteiger partial charge in [0.25, 0.3) is 11.8 Å². The van der Waals surface area contributed by atoms with Gasteiger partial charge in [0.1, 0.15) is 0 Å². The molecule has 0 unspecified atom stereocenters. The fourth-order valence-electron chi connectivity index (χ4n) is 7.72. The molecule has 4 atom stereocenters. The predicted octanol–water partition coefficient (Wildman–Crippen LogP) is 5.75. The van der Waals surface area contributed by atoms with Crippen molar-refractivity contribution < 1.29 is 24.2 Å². The molecule has 10 heteroatoms. The number of ether oxygens (including phenoxy) is 2. The summed E-state index contributed by atoms with van der Waals surface area (Å²) in [5.41, 5.74) is 6.17. The van der Waals surface area contributed by atoms with E-state index >= 15 is 0 Å². The van der Waals surface area contributed by atoms with Crippen molar-refractivity contribution in [3.63, 3.8) is 0 Å². The topological polar surface area (TPSA) is 117 Å². The van der Waals surface area contributed by atoms with Gasteiger partial charge in [0, 0.05) is 37.2 Å². The number of carbonyl (C=O) groups is 2. The number of nitrogens with one attached hydrogen (secondary N) is 1. The summed E-state index contributed by atoms with van der Waals surface area (Å²) in [5.74, 6) is -0.524. The molecule has 8 rings (SSSR count). The number of benzene rings is 4. The van der Waals surface area contributed by atoms with Crippen LogP contribution in [0.3, 0.4) is 0 Å². The van der Waals surface area contributed by atoms with E-state index in [1.54, 1.807) is 24.3 Å². The molecule has 4 heterocycles. The van der Waals surface area contributed by atoms with Crippen molar-refractivity contribution >= 4 is 22.8 Å². The number of aliphatic hydroxyl groups is 1. The normalized spacial score (nSPS) is 23.1. The first-order valence-corrected chi connectivity index (χ1v) is 17.3. The quantitative estimate of drug-likeness (QED) is 0.202. The Morgan fingerprint density at radius 2 is 1.38 bits per heavy atom. The molecular weight excluding hydrogens is 632 g/mol. The van der Waals surface area contributed by atoms with Gasteiger partial charge in [0.05, 0.1) is 47.5 Å². The lowest BCUT2D eigenvalue weighted by Crippen LogP contribution is -2.47. The van der Waals surface area contributed by atoms with E-state index < -0.39 is 6.29 Å². The van der Waals surface area contributed by atoms with Crippen LogP contribution in [0.15, 0.2) is 102 Å². The van der Waals surface area contributed by atoms with Gasteiger partial charge in [-0.15, -0.1) is 0 Å². The minimum Gasteiger partial charge on any atom is -0.392 e. The van der Waals surface area contributed by atoms with Crippen LogP contribution in [0.25, 0.3) is 11.0 Å². The maximum absolute atomic E-state index is 12.9. The summed E-state index contributed by atoms with van der Waals surface area (Å²) in [6.07, 6.45) is 0.718. The zero-order valence-electron chi connectivity index (χ0n) is 27.9. The van der Waals surface area contributed by atoms with Crippen LogP contribution in [0.1, 0.15) is 81.2 Å². The maximum atomic E-state index is 12.9. The summed E-state index contributed by atoms with van der Waals surface area (Å²) < 4.78 is 15.3. The molecule has 0 saturated carbocycles. The maximum Gasteiger partial charge on any atom is 0.326 e. The first kappa shape index (κ1) is 32.3. The van der Waals surface area contributed by atoms with Gasteiger partial charge in [-0.3, -0.25) is 19.1 Å². The van der Waals surface area contributed by atoms with E-state index in [0.717, 1.165) is 65.8 Å². The molecule has 2 fully saturated rings. The number of likely N-dealkylation sites (tertiary alicyclic amines) is 1. The van der Waals surface area contributed by atoms with E-state index in [0.29, 0.717) is 11.1 Å². The summed E-state index contributed by atoms with van der Waals surface area (Å²) >= 11 is 0. The molecule has 2 saturated heterocycles. The highest BCUT2D eigenvalue weighted by molar-refractivity contribution is 6.21. The number of imide groups is 1. The van der Waals surface area contributed by atoms with Crippen molar-refractivity contribution in [2.45, 2.75) is 57.5 Å². The number of rotatable bonds is 8. The van der Waals surface area contributed by atoms with Gasteiger partial charge in [-0.25, -0.2) is 4.79 Å². The Hall–Kier alpha value is -4.87. The second-order valence-corrected chi connectivity index (χ2v) is 13.7. The fourth-order valence-corrected chi connectivity index (χ4v) is 7.72. The van der Waals surface area contributed by atoms with Crippen LogP contribution in [0.4, 0.5) is 0 Å². The SMILES string of the molecule is C[C@H]1[C@@H](CN2CCC(n3c(=O)[nH]c4ccccc43)CC2)O[C@@H](c2ccc(CN3C(=O)c4ccccc4C3=O)cc2)O[C@H]1c1ccc(CO)cc1. The first-order valence-electron chi connectivity index (χ1n) is 17.3. The number of hydrogen-bond donors (Lipinski definition) is 2. The molecule has 1 aromatic heterocycles. The molecule has 5 aromatic rings. The van der Waals surface area contributed by atoms with Crippen LogP contribution < -0.4 is 5.69 Å². The van der Waals surface area contributed by atoms with Crippen molar-refractivity contribution in [2.24, 2.45) is 5.92 Å². The van der Waals surface area contributed by atoms with Crippen LogP contribution >= 0.6 is 0 Å². The molecule has 0 radical (unpaired) electrons. The summed E-state index contributed by atoms with van der Waals surface area (Å²) in [7, 11) is 0. The van der Waals surface area contributed by atoms with Gasteiger partial charge in [-0.05, 0) is 53.8 Å². The Morgan fingerprint density at radius 1 is 0.760 bits per heavy atom. The lowest BCUT2D eigenvalue weighted by Gasteiger charge is -2.44. The number of H-pyrrole nitrogens is 1.